The van der Waals surface area contributed by atoms with Crippen molar-refractivity contribution < 1.29 is 9.45 Å². The standard InChI is InChI=1S/C4H8BNO2/c1-2-3(6)4(7)8-5/h3H,2,6H2,1H3. The van der Waals surface area contributed by atoms with Gasteiger partial charge in [0.25, 0.3) is 0 Å². The van der Waals surface area contributed by atoms with Crippen LogP contribution in [0.15, 0.2) is 0 Å². The molecule has 44 valence electrons. The summed E-state index contributed by atoms with van der Waals surface area (Å²) in [5.74, 6) is -0.562. The third-order valence-electron chi connectivity index (χ3n) is 0.859. The Balaban J connectivity index is 3.46. The molecule has 0 aromatic rings. The number of carbonyl (C=O) groups is 1. The molecule has 0 aliphatic rings. The lowest BCUT2D eigenvalue weighted by molar-refractivity contribution is -0.135. The van der Waals surface area contributed by atoms with E-state index < -0.39 is 12.0 Å². The average molecular weight is 113 g/mol. The third-order valence-corrected chi connectivity index (χ3v) is 0.859. The van der Waals surface area contributed by atoms with Gasteiger partial charge in [-0.25, -0.2) is 0 Å². The van der Waals surface area contributed by atoms with E-state index in [1.807, 2.05) is 0 Å². The zero-order valence-electron chi connectivity index (χ0n) is 4.76. The van der Waals surface area contributed by atoms with Crippen LogP contribution >= 0.6 is 0 Å². The summed E-state index contributed by atoms with van der Waals surface area (Å²) in [6, 6.07) is -0.569. The first-order valence-corrected chi connectivity index (χ1v) is 2.38. The van der Waals surface area contributed by atoms with Gasteiger partial charge in [-0.2, -0.15) is 0 Å². The largest absolute Gasteiger partial charge is 0.542 e. The van der Waals surface area contributed by atoms with Gasteiger partial charge >= 0.3 is 14.0 Å². The quantitative estimate of drug-likeness (QED) is 0.484. The molecule has 0 rings (SSSR count). The Bertz CT molecular complexity index is 86.1. The molecule has 0 aliphatic heterocycles. The fraction of sp³-hybridized carbons (Fsp3) is 0.750. The van der Waals surface area contributed by atoms with Crippen LogP contribution in [-0.2, 0) is 9.45 Å². The second-order valence-electron chi connectivity index (χ2n) is 1.45. The summed E-state index contributed by atoms with van der Waals surface area (Å²) >= 11 is 0. The minimum absolute atomic E-state index is 0.552. The second kappa shape index (κ2) is 3.49. The molecule has 4 heteroatoms. The van der Waals surface area contributed by atoms with Gasteiger partial charge in [-0.1, -0.05) is 6.92 Å². The molecule has 0 aromatic heterocycles. The van der Waals surface area contributed by atoms with Crippen LogP contribution < -0.4 is 5.73 Å². The third kappa shape index (κ3) is 1.98. The van der Waals surface area contributed by atoms with Gasteiger partial charge in [0.1, 0.15) is 6.04 Å². The van der Waals surface area contributed by atoms with Crippen LogP contribution in [0.3, 0.4) is 0 Å². The van der Waals surface area contributed by atoms with Crippen molar-refractivity contribution in [2.24, 2.45) is 5.73 Å². The normalized spacial score (nSPS) is 12.8. The fourth-order valence-electron chi connectivity index (χ4n) is 0.254. The Morgan fingerprint density at radius 3 is 2.62 bits per heavy atom. The van der Waals surface area contributed by atoms with E-state index in [0.29, 0.717) is 6.42 Å². The zero-order valence-corrected chi connectivity index (χ0v) is 4.76. The number of carbonyl (C=O) groups excluding carboxylic acids is 1. The monoisotopic (exact) mass is 113 g/mol. The molecule has 0 bridgehead atoms. The van der Waals surface area contributed by atoms with E-state index in [2.05, 4.69) is 12.7 Å². The maximum atomic E-state index is 10.3. The van der Waals surface area contributed by atoms with E-state index in [-0.39, 0.29) is 0 Å². The summed E-state index contributed by atoms with van der Waals surface area (Å²) in [5, 5.41) is 0. The maximum absolute atomic E-state index is 10.3. The summed E-state index contributed by atoms with van der Waals surface area (Å²) in [4.78, 5) is 10.3. The molecule has 0 amide bonds. The number of rotatable bonds is 2. The van der Waals surface area contributed by atoms with Crippen LogP contribution in [0.5, 0.6) is 0 Å². The van der Waals surface area contributed by atoms with Crippen LogP contribution in [0.25, 0.3) is 0 Å². The SMILES string of the molecule is [B]OC(=O)C(N)CC. The summed E-state index contributed by atoms with van der Waals surface area (Å²) in [6.07, 6.45) is 0.552. The van der Waals surface area contributed by atoms with Gasteiger partial charge in [0.05, 0.1) is 0 Å². The van der Waals surface area contributed by atoms with Crippen molar-refractivity contribution >= 4 is 14.0 Å². The van der Waals surface area contributed by atoms with Gasteiger partial charge in [-0.05, 0) is 6.42 Å². The highest BCUT2D eigenvalue weighted by atomic mass is 16.5. The van der Waals surface area contributed by atoms with E-state index in [1.54, 1.807) is 6.92 Å². The van der Waals surface area contributed by atoms with Crippen molar-refractivity contribution in [2.45, 2.75) is 19.4 Å². The molecule has 2 N–H and O–H groups in total. The average Bonchev–Trinajstić information content (AvgIpc) is 1.84. The Kier molecular flexibility index (Phi) is 3.27. The van der Waals surface area contributed by atoms with Crippen molar-refractivity contribution in [3.05, 3.63) is 0 Å². The highest BCUT2D eigenvalue weighted by Gasteiger charge is 2.08. The Morgan fingerprint density at radius 1 is 2.00 bits per heavy atom. The molecule has 3 nitrogen and oxygen atoms in total. The van der Waals surface area contributed by atoms with Gasteiger partial charge in [-0.3, -0.25) is 4.79 Å². The molecule has 8 heavy (non-hydrogen) atoms. The Labute approximate surface area is 49.6 Å². The van der Waals surface area contributed by atoms with Crippen molar-refractivity contribution in [2.75, 3.05) is 0 Å². The van der Waals surface area contributed by atoms with E-state index in [4.69, 9.17) is 5.73 Å². The van der Waals surface area contributed by atoms with Crippen LogP contribution in [-0.4, -0.2) is 20.1 Å². The molecule has 0 fully saturated rings. The molecule has 0 saturated carbocycles. The lowest BCUT2D eigenvalue weighted by Crippen LogP contribution is -2.30. The van der Waals surface area contributed by atoms with Gasteiger partial charge in [-0.15, -0.1) is 0 Å². The van der Waals surface area contributed by atoms with Crippen LogP contribution in [0.4, 0.5) is 0 Å². The van der Waals surface area contributed by atoms with Crippen molar-refractivity contribution in [3.8, 4) is 0 Å². The van der Waals surface area contributed by atoms with E-state index >= 15 is 0 Å². The van der Waals surface area contributed by atoms with Crippen molar-refractivity contribution in [1.82, 2.24) is 0 Å². The number of hydrogen-bond donors (Lipinski definition) is 1. The minimum atomic E-state index is -0.569. The second-order valence-corrected chi connectivity index (χ2v) is 1.45. The molecule has 0 heterocycles. The highest BCUT2D eigenvalue weighted by Crippen LogP contribution is 1.86. The molecular weight excluding hydrogens is 105 g/mol. The number of hydrogen-bond acceptors (Lipinski definition) is 3. The Hall–Kier alpha value is -0.505. The zero-order chi connectivity index (χ0) is 6.57. The van der Waals surface area contributed by atoms with Crippen molar-refractivity contribution in [3.63, 3.8) is 0 Å². The van der Waals surface area contributed by atoms with E-state index in [1.165, 1.54) is 0 Å². The molecule has 0 spiro atoms. The lowest BCUT2D eigenvalue weighted by Gasteiger charge is -2.03. The summed E-state index contributed by atoms with van der Waals surface area (Å²) in [6.45, 7) is 1.78. The predicted molar refractivity (Wildman–Crippen MR) is 30.1 cm³/mol. The van der Waals surface area contributed by atoms with Crippen LogP contribution in [0.1, 0.15) is 13.3 Å². The predicted octanol–water partition coefficient (Wildman–Crippen LogP) is -0.650. The van der Waals surface area contributed by atoms with E-state index in [9.17, 15) is 4.79 Å². The van der Waals surface area contributed by atoms with Gasteiger partial charge in [0, 0.05) is 0 Å². The van der Waals surface area contributed by atoms with Gasteiger partial charge < -0.3 is 10.4 Å². The maximum Gasteiger partial charge on any atom is 0.378 e. The smallest absolute Gasteiger partial charge is 0.378 e. The lowest BCUT2D eigenvalue weighted by atomic mass is 10.2. The first kappa shape index (κ1) is 7.49. The molecule has 1 atom stereocenters. The summed E-state index contributed by atoms with van der Waals surface area (Å²) in [5.41, 5.74) is 5.17. The molecule has 0 saturated heterocycles. The minimum Gasteiger partial charge on any atom is -0.542 e. The van der Waals surface area contributed by atoms with Crippen LogP contribution in [0.2, 0.25) is 0 Å². The first-order chi connectivity index (χ1) is 3.72. The first-order valence-electron chi connectivity index (χ1n) is 2.38. The van der Waals surface area contributed by atoms with Crippen LogP contribution in [0, 0.1) is 0 Å². The molecule has 2 radical (unpaired) electrons. The summed E-state index contributed by atoms with van der Waals surface area (Å²) in [7, 11) is 4.52. The van der Waals surface area contributed by atoms with Crippen molar-refractivity contribution in [1.29, 1.82) is 0 Å². The number of nitrogens with two attached hydrogens (primary N) is 1. The molecule has 1 unspecified atom stereocenters. The molecule has 0 aromatic carbocycles. The highest BCUT2D eigenvalue weighted by molar-refractivity contribution is 6.06. The van der Waals surface area contributed by atoms with Gasteiger partial charge in [0.15, 0.2) is 0 Å². The molecular formula is C4H8BNO2. The van der Waals surface area contributed by atoms with E-state index in [0.717, 1.165) is 0 Å². The molecule has 0 aliphatic carbocycles. The Morgan fingerprint density at radius 2 is 2.50 bits per heavy atom. The fourth-order valence-corrected chi connectivity index (χ4v) is 0.254. The summed E-state index contributed by atoms with van der Waals surface area (Å²) < 4.78 is 3.84. The van der Waals surface area contributed by atoms with Gasteiger partial charge in [0.2, 0.25) is 0 Å². The topological polar surface area (TPSA) is 52.3 Å².